The van der Waals surface area contributed by atoms with Gasteiger partial charge in [-0.15, -0.1) is 0 Å². The highest BCUT2D eigenvalue weighted by Gasteiger charge is 2.19. The molecule has 0 unspecified atom stereocenters. The van der Waals surface area contributed by atoms with Crippen LogP contribution >= 0.6 is 0 Å². The van der Waals surface area contributed by atoms with Crippen molar-refractivity contribution in [3.8, 4) is 0 Å². The van der Waals surface area contributed by atoms with Crippen LogP contribution in [0.4, 0.5) is 0 Å². The normalized spacial score (nSPS) is 11.9. The number of carboxylic acid groups (broad SMARTS) is 2. The number of carbonyl (C=O) groups is 2. The minimum atomic E-state index is -1.23. The zero-order chi connectivity index (χ0) is 12.3. The molecule has 0 fully saturated rings. The maximum absolute atomic E-state index is 11.1. The van der Waals surface area contributed by atoms with E-state index in [1.165, 1.54) is 6.92 Å². The summed E-state index contributed by atoms with van der Waals surface area (Å²) in [5.41, 5.74) is 0.850. The van der Waals surface area contributed by atoms with Crippen molar-refractivity contribution >= 4 is 17.5 Å². The van der Waals surface area contributed by atoms with E-state index in [2.05, 4.69) is 0 Å². The molecule has 2 N–H and O–H groups in total. The fraction of sp³-hybridized carbons (Fsp3) is 0.167. The molecule has 0 aliphatic rings. The fourth-order valence-electron chi connectivity index (χ4n) is 1.44. The van der Waals surface area contributed by atoms with Gasteiger partial charge in [0.15, 0.2) is 0 Å². The summed E-state index contributed by atoms with van der Waals surface area (Å²) in [4.78, 5) is 21.9. The average Bonchev–Trinajstić information content (AvgIpc) is 2.20. The van der Waals surface area contributed by atoms with E-state index in [-0.39, 0.29) is 11.1 Å². The Bertz CT molecular complexity index is 472. The molecule has 0 saturated carbocycles. The third-order valence-corrected chi connectivity index (χ3v) is 2.32. The second-order valence-corrected chi connectivity index (χ2v) is 3.43. The van der Waals surface area contributed by atoms with Crippen LogP contribution in [0, 0.1) is 6.92 Å². The molecule has 0 amide bonds. The molecule has 0 aromatic heterocycles. The molecule has 0 atom stereocenters. The summed E-state index contributed by atoms with van der Waals surface area (Å²) in [5, 5.41) is 17.9. The summed E-state index contributed by atoms with van der Waals surface area (Å²) < 4.78 is 0. The lowest BCUT2D eigenvalue weighted by Crippen LogP contribution is -2.09. The Kier molecular flexibility index (Phi) is 3.45. The van der Waals surface area contributed by atoms with Crippen LogP contribution in [-0.4, -0.2) is 22.2 Å². The summed E-state index contributed by atoms with van der Waals surface area (Å²) >= 11 is 0. The van der Waals surface area contributed by atoms with Gasteiger partial charge < -0.3 is 10.2 Å². The lowest BCUT2D eigenvalue weighted by atomic mass is 9.97. The molecule has 0 radical (unpaired) electrons. The topological polar surface area (TPSA) is 74.6 Å². The molecule has 16 heavy (non-hydrogen) atoms. The summed E-state index contributed by atoms with van der Waals surface area (Å²) in [6, 6.07) is 6.80. The van der Waals surface area contributed by atoms with Crippen LogP contribution in [0.2, 0.25) is 0 Å². The van der Waals surface area contributed by atoms with E-state index in [1.54, 1.807) is 31.2 Å². The lowest BCUT2D eigenvalue weighted by Gasteiger charge is -2.08. The molecular formula is C12H12O4. The van der Waals surface area contributed by atoms with E-state index in [9.17, 15) is 9.59 Å². The second kappa shape index (κ2) is 4.61. The summed E-state index contributed by atoms with van der Waals surface area (Å²) in [5.74, 6) is -2.45. The standard InChI is InChI=1S/C12H12O4/c1-7-5-3-4-6-9(7)10(12(15)16)8(2)11(13)14/h3-6H,1-2H3,(H,13,14)(H,15,16)/b10-8+. The molecule has 84 valence electrons. The molecule has 0 saturated heterocycles. The molecule has 1 aromatic carbocycles. The van der Waals surface area contributed by atoms with Gasteiger partial charge in [-0.2, -0.15) is 0 Å². The molecule has 1 aromatic rings. The molecule has 0 bridgehead atoms. The first-order chi connectivity index (χ1) is 7.45. The van der Waals surface area contributed by atoms with Crippen molar-refractivity contribution in [2.24, 2.45) is 0 Å². The monoisotopic (exact) mass is 220 g/mol. The maximum atomic E-state index is 11.1. The van der Waals surface area contributed by atoms with Gasteiger partial charge in [-0.05, 0) is 25.0 Å². The van der Waals surface area contributed by atoms with Crippen LogP contribution in [0.3, 0.4) is 0 Å². The number of hydrogen-bond donors (Lipinski definition) is 2. The first-order valence-corrected chi connectivity index (χ1v) is 4.68. The molecule has 0 aliphatic heterocycles. The van der Waals surface area contributed by atoms with Crippen LogP contribution in [0.25, 0.3) is 5.57 Å². The van der Waals surface area contributed by atoms with E-state index >= 15 is 0 Å². The van der Waals surface area contributed by atoms with Crippen LogP contribution in [0.15, 0.2) is 29.8 Å². The Morgan fingerprint density at radius 3 is 2.06 bits per heavy atom. The van der Waals surface area contributed by atoms with Gasteiger partial charge in [0.25, 0.3) is 0 Å². The number of benzene rings is 1. The van der Waals surface area contributed by atoms with Crippen molar-refractivity contribution in [1.82, 2.24) is 0 Å². The summed E-state index contributed by atoms with van der Waals surface area (Å²) in [7, 11) is 0. The average molecular weight is 220 g/mol. The van der Waals surface area contributed by atoms with Crippen molar-refractivity contribution in [1.29, 1.82) is 0 Å². The highest BCUT2D eigenvalue weighted by atomic mass is 16.4. The predicted molar refractivity (Wildman–Crippen MR) is 59.0 cm³/mol. The minimum absolute atomic E-state index is 0.161. The Morgan fingerprint density at radius 1 is 1.06 bits per heavy atom. The molecule has 0 aliphatic carbocycles. The molecule has 0 heterocycles. The van der Waals surface area contributed by atoms with Gasteiger partial charge in [0.1, 0.15) is 0 Å². The zero-order valence-electron chi connectivity index (χ0n) is 9.02. The van der Waals surface area contributed by atoms with Gasteiger partial charge in [-0.3, -0.25) is 0 Å². The molecule has 4 nitrogen and oxygen atoms in total. The predicted octanol–water partition coefficient (Wildman–Crippen LogP) is 1.94. The van der Waals surface area contributed by atoms with Gasteiger partial charge in [-0.1, -0.05) is 24.3 Å². The highest BCUT2D eigenvalue weighted by molar-refractivity contribution is 6.21. The summed E-state index contributed by atoms with van der Waals surface area (Å²) in [6.45, 7) is 3.03. The van der Waals surface area contributed by atoms with E-state index in [1.807, 2.05) is 0 Å². The van der Waals surface area contributed by atoms with E-state index in [0.29, 0.717) is 5.56 Å². The number of aliphatic carboxylic acids is 2. The third kappa shape index (κ3) is 2.28. The minimum Gasteiger partial charge on any atom is -0.478 e. The lowest BCUT2D eigenvalue weighted by molar-refractivity contribution is -0.134. The largest absolute Gasteiger partial charge is 0.478 e. The zero-order valence-corrected chi connectivity index (χ0v) is 9.02. The van der Waals surface area contributed by atoms with Gasteiger partial charge in [0.05, 0.1) is 5.57 Å². The van der Waals surface area contributed by atoms with Crippen molar-refractivity contribution in [2.75, 3.05) is 0 Å². The number of rotatable bonds is 3. The third-order valence-electron chi connectivity index (χ3n) is 2.32. The quantitative estimate of drug-likeness (QED) is 0.763. The van der Waals surface area contributed by atoms with Gasteiger partial charge >= 0.3 is 11.9 Å². The fourth-order valence-corrected chi connectivity index (χ4v) is 1.44. The molecule has 4 heteroatoms. The smallest absolute Gasteiger partial charge is 0.336 e. The molecule has 1 rings (SSSR count). The van der Waals surface area contributed by atoms with E-state index in [0.717, 1.165) is 5.56 Å². The van der Waals surface area contributed by atoms with Crippen LogP contribution in [0.5, 0.6) is 0 Å². The highest BCUT2D eigenvalue weighted by Crippen LogP contribution is 2.22. The Morgan fingerprint density at radius 2 is 1.62 bits per heavy atom. The number of hydrogen-bond acceptors (Lipinski definition) is 2. The Labute approximate surface area is 92.8 Å². The second-order valence-electron chi connectivity index (χ2n) is 3.43. The Hall–Kier alpha value is -2.10. The number of carboxylic acids is 2. The first kappa shape index (κ1) is 12.0. The van der Waals surface area contributed by atoms with Crippen molar-refractivity contribution in [3.63, 3.8) is 0 Å². The number of aryl methyl sites for hydroxylation is 1. The van der Waals surface area contributed by atoms with Gasteiger partial charge in [0, 0.05) is 5.57 Å². The van der Waals surface area contributed by atoms with Gasteiger partial charge in [-0.25, -0.2) is 9.59 Å². The van der Waals surface area contributed by atoms with E-state index in [4.69, 9.17) is 10.2 Å². The SMILES string of the molecule is C/C(C(=O)O)=C(\C(=O)O)c1ccccc1C. The van der Waals surface area contributed by atoms with Crippen molar-refractivity contribution < 1.29 is 19.8 Å². The summed E-state index contributed by atoms with van der Waals surface area (Å²) in [6.07, 6.45) is 0. The Balaban J connectivity index is 3.47. The van der Waals surface area contributed by atoms with Gasteiger partial charge in [0.2, 0.25) is 0 Å². The maximum Gasteiger partial charge on any atom is 0.336 e. The van der Waals surface area contributed by atoms with Crippen molar-refractivity contribution in [2.45, 2.75) is 13.8 Å². The van der Waals surface area contributed by atoms with Crippen LogP contribution < -0.4 is 0 Å². The van der Waals surface area contributed by atoms with Crippen LogP contribution in [-0.2, 0) is 9.59 Å². The first-order valence-electron chi connectivity index (χ1n) is 4.68. The van der Waals surface area contributed by atoms with Crippen LogP contribution in [0.1, 0.15) is 18.1 Å². The van der Waals surface area contributed by atoms with E-state index < -0.39 is 11.9 Å². The molecule has 0 spiro atoms. The van der Waals surface area contributed by atoms with Crippen molar-refractivity contribution in [3.05, 3.63) is 41.0 Å². The molecular weight excluding hydrogens is 208 g/mol.